The van der Waals surface area contributed by atoms with E-state index in [-0.39, 0.29) is 30.2 Å². The Balaban J connectivity index is 2.01. The second-order valence-electron chi connectivity index (χ2n) is 6.25. The van der Waals surface area contributed by atoms with Gasteiger partial charge in [-0.25, -0.2) is 13.2 Å². The molecular weight excluding hydrogens is 360 g/mol. The molecule has 1 aliphatic heterocycles. The monoisotopic (exact) mass is 384 g/mol. The summed E-state index contributed by atoms with van der Waals surface area (Å²) in [4.78, 5) is 26.2. The number of ether oxygens (including phenoxy) is 1. The Hall–Kier alpha value is -2.13. The number of hydrogen-bond acceptors (Lipinski definition) is 7. The van der Waals surface area contributed by atoms with Crippen LogP contribution in [0.3, 0.4) is 0 Å². The summed E-state index contributed by atoms with van der Waals surface area (Å²) >= 11 is 0. The molecule has 26 heavy (non-hydrogen) atoms. The van der Waals surface area contributed by atoms with Crippen LogP contribution in [0, 0.1) is 0 Å². The summed E-state index contributed by atoms with van der Waals surface area (Å²) in [5, 5.41) is 11.8. The van der Waals surface area contributed by atoms with E-state index in [0.717, 1.165) is 0 Å². The molecule has 1 saturated heterocycles. The molecule has 1 aromatic carbocycles. The lowest BCUT2D eigenvalue weighted by atomic mass is 10.1. The molecule has 0 unspecified atom stereocenters. The highest BCUT2D eigenvalue weighted by Gasteiger charge is 2.35. The number of carbonyl (C=O) groups is 2. The first-order chi connectivity index (χ1) is 12.2. The molecule has 2 N–H and O–H groups in total. The number of amides is 1. The molecule has 2 rings (SSSR count). The maximum absolute atomic E-state index is 12.5. The molecule has 0 bridgehead atoms. The number of aliphatic hydroxyl groups is 1. The van der Waals surface area contributed by atoms with E-state index < -0.39 is 33.9 Å². The van der Waals surface area contributed by atoms with Crippen molar-refractivity contribution in [2.45, 2.75) is 25.5 Å². The van der Waals surface area contributed by atoms with Crippen molar-refractivity contribution < 1.29 is 27.9 Å². The van der Waals surface area contributed by atoms with E-state index in [4.69, 9.17) is 9.84 Å². The lowest BCUT2D eigenvalue weighted by Gasteiger charge is -2.26. The van der Waals surface area contributed by atoms with Crippen LogP contribution in [0.5, 0.6) is 0 Å². The van der Waals surface area contributed by atoms with Crippen molar-refractivity contribution in [3.05, 3.63) is 29.8 Å². The molecule has 2 atom stereocenters. The lowest BCUT2D eigenvalue weighted by molar-refractivity contribution is -0.140. The first kappa shape index (κ1) is 20.2. The van der Waals surface area contributed by atoms with Gasteiger partial charge in [0.25, 0.3) is 5.91 Å². The van der Waals surface area contributed by atoms with E-state index in [1.54, 1.807) is 24.3 Å². The standard InChI is InChI=1S/C17H24N2O6S/c1-12(16(21)19(2)13-7-10-26(23,24)11-13)25-17(22)14-5-3-4-6-15(14)18-8-9-20/h3-6,12-13,18,20H,7-11H2,1-2H3/t12-,13-/m0/s1. The molecule has 1 heterocycles. The van der Waals surface area contributed by atoms with Gasteiger partial charge in [0, 0.05) is 25.3 Å². The number of esters is 1. The predicted octanol–water partition coefficient (Wildman–Crippen LogP) is 0.282. The Labute approximate surface area is 153 Å². The third-order valence-electron chi connectivity index (χ3n) is 4.31. The van der Waals surface area contributed by atoms with Crippen LogP contribution in [-0.4, -0.2) is 74.2 Å². The van der Waals surface area contributed by atoms with Crippen LogP contribution in [-0.2, 0) is 19.4 Å². The lowest BCUT2D eigenvalue weighted by Crippen LogP contribution is -2.44. The maximum atomic E-state index is 12.5. The SMILES string of the molecule is C[C@H](OC(=O)c1ccccc1NCCO)C(=O)N(C)[C@H]1CCS(=O)(=O)C1. The fourth-order valence-electron chi connectivity index (χ4n) is 2.83. The molecule has 0 spiro atoms. The first-order valence-electron chi connectivity index (χ1n) is 8.37. The highest BCUT2D eigenvalue weighted by molar-refractivity contribution is 7.91. The average Bonchev–Trinajstić information content (AvgIpc) is 2.98. The van der Waals surface area contributed by atoms with Crippen molar-refractivity contribution in [2.24, 2.45) is 0 Å². The molecule has 1 amide bonds. The third-order valence-corrected chi connectivity index (χ3v) is 6.06. The highest BCUT2D eigenvalue weighted by atomic mass is 32.2. The van der Waals surface area contributed by atoms with Gasteiger partial charge in [0.1, 0.15) is 0 Å². The molecule has 8 nitrogen and oxygen atoms in total. The Bertz CT molecular complexity index is 764. The number of anilines is 1. The quantitative estimate of drug-likeness (QED) is 0.649. The minimum Gasteiger partial charge on any atom is -0.449 e. The van der Waals surface area contributed by atoms with E-state index in [0.29, 0.717) is 12.1 Å². The van der Waals surface area contributed by atoms with Crippen LogP contribution >= 0.6 is 0 Å². The van der Waals surface area contributed by atoms with Gasteiger partial charge in [-0.15, -0.1) is 0 Å². The summed E-state index contributed by atoms with van der Waals surface area (Å²) in [7, 11) is -1.59. The van der Waals surface area contributed by atoms with Crippen molar-refractivity contribution in [3.63, 3.8) is 0 Å². The fraction of sp³-hybridized carbons (Fsp3) is 0.529. The second kappa shape index (κ2) is 8.50. The van der Waals surface area contributed by atoms with E-state index in [2.05, 4.69) is 5.32 Å². The summed E-state index contributed by atoms with van der Waals surface area (Å²) in [6.45, 7) is 1.65. The molecule has 9 heteroatoms. The van der Waals surface area contributed by atoms with Crippen LogP contribution in [0.4, 0.5) is 5.69 Å². The van der Waals surface area contributed by atoms with Crippen LogP contribution in [0.1, 0.15) is 23.7 Å². The van der Waals surface area contributed by atoms with Gasteiger partial charge in [-0.1, -0.05) is 12.1 Å². The van der Waals surface area contributed by atoms with Gasteiger partial charge in [0.2, 0.25) is 0 Å². The molecule has 1 fully saturated rings. The maximum Gasteiger partial charge on any atom is 0.341 e. The summed E-state index contributed by atoms with van der Waals surface area (Å²) in [5.41, 5.74) is 0.758. The number of carbonyl (C=O) groups excluding carboxylic acids is 2. The molecule has 0 aliphatic carbocycles. The molecule has 144 valence electrons. The Kier molecular flexibility index (Phi) is 6.60. The Morgan fingerprint density at radius 2 is 2.08 bits per heavy atom. The number of para-hydroxylation sites is 1. The molecule has 0 radical (unpaired) electrons. The minimum atomic E-state index is -3.11. The van der Waals surface area contributed by atoms with Gasteiger partial charge in [-0.3, -0.25) is 4.79 Å². The van der Waals surface area contributed by atoms with E-state index >= 15 is 0 Å². The van der Waals surface area contributed by atoms with Gasteiger partial charge < -0.3 is 20.1 Å². The zero-order valence-electron chi connectivity index (χ0n) is 14.8. The number of sulfone groups is 1. The van der Waals surface area contributed by atoms with Gasteiger partial charge in [0.15, 0.2) is 15.9 Å². The number of benzene rings is 1. The van der Waals surface area contributed by atoms with E-state index in [9.17, 15) is 18.0 Å². The summed E-state index contributed by atoms with van der Waals surface area (Å²) in [6.07, 6.45) is -0.652. The van der Waals surface area contributed by atoms with Crippen LogP contribution in [0.15, 0.2) is 24.3 Å². The van der Waals surface area contributed by atoms with Crippen molar-refractivity contribution in [2.75, 3.05) is 37.0 Å². The number of rotatable bonds is 7. The average molecular weight is 384 g/mol. The molecule has 1 aliphatic rings. The highest BCUT2D eigenvalue weighted by Crippen LogP contribution is 2.19. The molecule has 1 aromatic rings. The topological polar surface area (TPSA) is 113 Å². The second-order valence-corrected chi connectivity index (χ2v) is 8.48. The Morgan fingerprint density at radius 1 is 1.38 bits per heavy atom. The summed E-state index contributed by atoms with van der Waals surface area (Å²) < 4.78 is 28.4. The normalized spacial score (nSPS) is 19.6. The number of likely N-dealkylation sites (N-methyl/N-ethyl adjacent to an activating group) is 1. The van der Waals surface area contributed by atoms with Crippen LogP contribution in [0.25, 0.3) is 0 Å². The zero-order valence-corrected chi connectivity index (χ0v) is 15.7. The molecule has 0 saturated carbocycles. The fourth-order valence-corrected chi connectivity index (χ4v) is 4.60. The predicted molar refractivity (Wildman–Crippen MR) is 96.7 cm³/mol. The van der Waals surface area contributed by atoms with Crippen LogP contribution < -0.4 is 5.32 Å². The Morgan fingerprint density at radius 3 is 2.69 bits per heavy atom. The number of nitrogens with zero attached hydrogens (tertiary/aromatic N) is 1. The van der Waals surface area contributed by atoms with Crippen molar-refractivity contribution in [3.8, 4) is 0 Å². The molecule has 0 aromatic heterocycles. The number of aliphatic hydroxyl groups excluding tert-OH is 1. The van der Waals surface area contributed by atoms with Gasteiger partial charge >= 0.3 is 5.97 Å². The molecular formula is C17H24N2O6S. The summed E-state index contributed by atoms with van der Waals surface area (Å²) in [5.74, 6) is -1.11. The van der Waals surface area contributed by atoms with Crippen LogP contribution in [0.2, 0.25) is 0 Å². The zero-order chi connectivity index (χ0) is 19.3. The van der Waals surface area contributed by atoms with Crippen molar-refractivity contribution >= 4 is 27.4 Å². The van der Waals surface area contributed by atoms with Gasteiger partial charge in [0.05, 0.1) is 23.7 Å². The first-order valence-corrected chi connectivity index (χ1v) is 10.2. The minimum absolute atomic E-state index is 0.0629. The van der Waals surface area contributed by atoms with Gasteiger partial charge in [-0.05, 0) is 25.5 Å². The van der Waals surface area contributed by atoms with E-state index in [1.165, 1.54) is 18.9 Å². The largest absolute Gasteiger partial charge is 0.449 e. The van der Waals surface area contributed by atoms with E-state index in [1.807, 2.05) is 0 Å². The number of hydrogen-bond donors (Lipinski definition) is 2. The number of nitrogens with one attached hydrogen (secondary N) is 1. The van der Waals surface area contributed by atoms with Gasteiger partial charge in [-0.2, -0.15) is 0 Å². The third kappa shape index (κ3) is 4.95. The summed E-state index contributed by atoms with van der Waals surface area (Å²) in [6, 6.07) is 6.25. The van der Waals surface area contributed by atoms with Crippen molar-refractivity contribution in [1.29, 1.82) is 0 Å². The van der Waals surface area contributed by atoms with Crippen molar-refractivity contribution in [1.82, 2.24) is 4.90 Å². The smallest absolute Gasteiger partial charge is 0.341 e.